The summed E-state index contributed by atoms with van der Waals surface area (Å²) in [6, 6.07) is 10.5. The molecule has 1 fully saturated rings. The highest BCUT2D eigenvalue weighted by atomic mass is 35.5. The summed E-state index contributed by atoms with van der Waals surface area (Å²) in [6.45, 7) is 3.03. The van der Waals surface area contributed by atoms with E-state index in [2.05, 4.69) is 32.9 Å². The van der Waals surface area contributed by atoms with Crippen LogP contribution in [0.1, 0.15) is 12.0 Å². The summed E-state index contributed by atoms with van der Waals surface area (Å²) in [5.41, 5.74) is 1.20. The number of likely N-dealkylation sites (N-methyl/N-ethyl adjacent to an activating group) is 1. The smallest absolute Gasteiger partial charge is 0.131 e. The highest BCUT2D eigenvalue weighted by Gasteiger charge is 2.26. The summed E-state index contributed by atoms with van der Waals surface area (Å²) < 4.78 is 0. The van der Waals surface area contributed by atoms with Crippen LogP contribution in [0.3, 0.4) is 0 Å². The second-order valence-electron chi connectivity index (χ2n) is 5.45. The van der Waals surface area contributed by atoms with Crippen LogP contribution in [0.4, 0.5) is 5.82 Å². The molecule has 1 saturated heterocycles. The molecule has 110 valence electrons. The number of halogens is 1. The fourth-order valence-electron chi connectivity index (χ4n) is 2.82. The maximum absolute atomic E-state index is 6.24. The zero-order chi connectivity index (χ0) is 14.7. The minimum atomic E-state index is 0.488. The van der Waals surface area contributed by atoms with Crippen LogP contribution in [0.2, 0.25) is 5.02 Å². The van der Waals surface area contributed by atoms with Crippen molar-refractivity contribution in [2.45, 2.75) is 19.0 Å². The van der Waals surface area contributed by atoms with Crippen molar-refractivity contribution in [1.82, 2.24) is 14.9 Å². The van der Waals surface area contributed by atoms with Crippen molar-refractivity contribution in [1.29, 1.82) is 0 Å². The van der Waals surface area contributed by atoms with E-state index in [1.807, 2.05) is 24.3 Å². The quantitative estimate of drug-likeness (QED) is 0.869. The van der Waals surface area contributed by atoms with Crippen LogP contribution in [0, 0.1) is 0 Å². The van der Waals surface area contributed by atoms with Gasteiger partial charge in [0.05, 0.1) is 0 Å². The minimum Gasteiger partial charge on any atom is -0.355 e. The van der Waals surface area contributed by atoms with Gasteiger partial charge in [0.15, 0.2) is 0 Å². The Morgan fingerprint density at radius 3 is 2.95 bits per heavy atom. The van der Waals surface area contributed by atoms with Crippen molar-refractivity contribution in [3.05, 3.63) is 53.4 Å². The third kappa shape index (κ3) is 3.34. The Morgan fingerprint density at radius 2 is 2.19 bits per heavy atom. The lowest BCUT2D eigenvalue weighted by Crippen LogP contribution is -2.34. The molecule has 0 spiro atoms. The van der Waals surface area contributed by atoms with Gasteiger partial charge in [-0.25, -0.2) is 9.97 Å². The Hall–Kier alpha value is -1.65. The Balaban J connectivity index is 1.62. The fraction of sp³-hybridized carbons (Fsp3) is 0.375. The number of benzene rings is 1. The van der Waals surface area contributed by atoms with Gasteiger partial charge in [-0.3, -0.25) is 4.90 Å². The molecule has 1 aliphatic rings. The van der Waals surface area contributed by atoms with E-state index in [1.165, 1.54) is 5.56 Å². The molecule has 1 aromatic heterocycles. The van der Waals surface area contributed by atoms with Gasteiger partial charge in [0, 0.05) is 43.9 Å². The zero-order valence-electron chi connectivity index (χ0n) is 12.1. The highest BCUT2D eigenvalue weighted by Crippen LogP contribution is 2.23. The third-order valence-electron chi connectivity index (χ3n) is 4.07. The van der Waals surface area contributed by atoms with Crippen LogP contribution in [0.25, 0.3) is 0 Å². The Morgan fingerprint density at radius 1 is 1.33 bits per heavy atom. The maximum atomic E-state index is 6.24. The fourth-order valence-corrected chi connectivity index (χ4v) is 3.01. The lowest BCUT2D eigenvalue weighted by Gasteiger charge is -2.25. The van der Waals surface area contributed by atoms with Gasteiger partial charge in [-0.05, 0) is 24.1 Å². The van der Waals surface area contributed by atoms with Gasteiger partial charge in [-0.1, -0.05) is 29.8 Å². The number of hydrogen-bond donors (Lipinski definition) is 0. The van der Waals surface area contributed by atoms with E-state index in [1.54, 1.807) is 12.5 Å². The van der Waals surface area contributed by atoms with Crippen molar-refractivity contribution in [2.24, 2.45) is 0 Å². The van der Waals surface area contributed by atoms with Crippen LogP contribution >= 0.6 is 11.6 Å². The van der Waals surface area contributed by atoms with Gasteiger partial charge in [0.2, 0.25) is 0 Å². The molecule has 0 aliphatic carbocycles. The largest absolute Gasteiger partial charge is 0.355 e. The van der Waals surface area contributed by atoms with Crippen molar-refractivity contribution < 1.29 is 0 Å². The molecular weight excluding hydrogens is 284 g/mol. The average molecular weight is 303 g/mol. The number of nitrogens with zero attached hydrogens (tertiary/aromatic N) is 4. The first-order valence-corrected chi connectivity index (χ1v) is 7.56. The van der Waals surface area contributed by atoms with E-state index in [0.29, 0.717) is 6.04 Å². The Labute approximate surface area is 130 Å². The van der Waals surface area contributed by atoms with Crippen molar-refractivity contribution in [3.63, 3.8) is 0 Å². The van der Waals surface area contributed by atoms with E-state index in [9.17, 15) is 0 Å². The Bertz CT molecular complexity index is 590. The van der Waals surface area contributed by atoms with Gasteiger partial charge in [-0.2, -0.15) is 0 Å². The molecule has 0 bridgehead atoms. The van der Waals surface area contributed by atoms with E-state index < -0.39 is 0 Å². The van der Waals surface area contributed by atoms with E-state index in [0.717, 1.165) is 36.9 Å². The van der Waals surface area contributed by atoms with Crippen LogP contribution in [-0.2, 0) is 6.54 Å². The summed E-state index contributed by atoms with van der Waals surface area (Å²) in [7, 11) is 2.10. The number of hydrogen-bond acceptors (Lipinski definition) is 4. The normalized spacial score (nSPS) is 18.9. The molecule has 4 nitrogen and oxygen atoms in total. The zero-order valence-corrected chi connectivity index (χ0v) is 12.9. The van der Waals surface area contributed by atoms with Crippen LogP contribution in [0.15, 0.2) is 42.9 Å². The number of rotatable bonds is 4. The summed E-state index contributed by atoms with van der Waals surface area (Å²) in [5.74, 6) is 0.981. The predicted octanol–water partition coefficient (Wildman–Crippen LogP) is 2.84. The molecule has 5 heteroatoms. The maximum Gasteiger partial charge on any atom is 0.131 e. The molecule has 0 saturated carbocycles. The van der Waals surface area contributed by atoms with Gasteiger partial charge in [0.1, 0.15) is 12.1 Å². The van der Waals surface area contributed by atoms with Gasteiger partial charge >= 0.3 is 0 Å². The second-order valence-corrected chi connectivity index (χ2v) is 5.85. The lowest BCUT2D eigenvalue weighted by atomic mass is 10.2. The second kappa shape index (κ2) is 6.41. The first kappa shape index (κ1) is 14.3. The molecule has 3 rings (SSSR count). The summed E-state index contributed by atoms with van der Waals surface area (Å²) in [6.07, 6.45) is 4.53. The molecule has 21 heavy (non-hydrogen) atoms. The van der Waals surface area contributed by atoms with Crippen LogP contribution < -0.4 is 4.90 Å². The molecule has 1 unspecified atom stereocenters. The summed E-state index contributed by atoms with van der Waals surface area (Å²) in [5, 5.41) is 0.852. The van der Waals surface area contributed by atoms with E-state index in [4.69, 9.17) is 11.6 Å². The molecule has 2 heterocycles. The molecule has 1 atom stereocenters. The number of anilines is 1. The van der Waals surface area contributed by atoms with Crippen LogP contribution in [0.5, 0.6) is 0 Å². The SMILES string of the molecule is CN(c1ccncn1)C1CCN(Cc2ccccc2Cl)C1. The van der Waals surface area contributed by atoms with Gasteiger partial charge in [0.25, 0.3) is 0 Å². The van der Waals surface area contributed by atoms with Crippen molar-refractivity contribution in [3.8, 4) is 0 Å². The summed E-state index contributed by atoms with van der Waals surface area (Å²) >= 11 is 6.24. The minimum absolute atomic E-state index is 0.488. The average Bonchev–Trinajstić information content (AvgIpc) is 2.98. The van der Waals surface area contributed by atoms with Gasteiger partial charge in [-0.15, -0.1) is 0 Å². The number of aromatic nitrogens is 2. The number of likely N-dealkylation sites (tertiary alicyclic amines) is 1. The third-order valence-corrected chi connectivity index (χ3v) is 4.44. The predicted molar refractivity (Wildman–Crippen MR) is 85.6 cm³/mol. The molecule has 0 radical (unpaired) electrons. The van der Waals surface area contributed by atoms with Gasteiger partial charge < -0.3 is 4.90 Å². The monoisotopic (exact) mass is 302 g/mol. The molecule has 1 aromatic carbocycles. The molecule has 2 aromatic rings. The molecule has 1 aliphatic heterocycles. The standard InChI is InChI=1S/C16H19ClN4/c1-20(16-6-8-18-12-19-16)14-7-9-21(11-14)10-13-4-2-3-5-15(13)17/h2-6,8,12,14H,7,9-11H2,1H3. The van der Waals surface area contributed by atoms with E-state index in [-0.39, 0.29) is 0 Å². The summed E-state index contributed by atoms with van der Waals surface area (Å²) in [4.78, 5) is 13.0. The van der Waals surface area contributed by atoms with Crippen molar-refractivity contribution >= 4 is 17.4 Å². The van der Waals surface area contributed by atoms with Crippen LogP contribution in [-0.4, -0.2) is 41.0 Å². The van der Waals surface area contributed by atoms with Crippen molar-refractivity contribution in [2.75, 3.05) is 25.0 Å². The topological polar surface area (TPSA) is 32.3 Å². The molecular formula is C16H19ClN4. The first-order valence-electron chi connectivity index (χ1n) is 7.18. The molecule has 0 amide bonds. The lowest BCUT2D eigenvalue weighted by molar-refractivity contribution is 0.326. The molecule has 0 N–H and O–H groups in total. The Kier molecular flexibility index (Phi) is 4.36. The van der Waals surface area contributed by atoms with E-state index >= 15 is 0 Å². The first-order chi connectivity index (χ1) is 10.2. The highest BCUT2D eigenvalue weighted by molar-refractivity contribution is 6.31.